The minimum absolute atomic E-state index is 0.288. The maximum Gasteiger partial charge on any atom is 0.326 e. The zero-order valence-corrected chi connectivity index (χ0v) is 17.6. The normalized spacial score (nSPS) is 11.8. The van der Waals surface area contributed by atoms with Crippen molar-refractivity contribution in [3.05, 3.63) is 104 Å². The summed E-state index contributed by atoms with van der Waals surface area (Å²) in [4.78, 5) is 39.9. The molecule has 33 heavy (non-hydrogen) atoms. The van der Waals surface area contributed by atoms with Crippen LogP contribution in [0.4, 0.5) is 10.1 Å². The summed E-state index contributed by atoms with van der Waals surface area (Å²) in [6, 6.07) is 13.5. The molecule has 4 aromatic rings. The first-order valence-electron chi connectivity index (χ1n) is 10.1. The van der Waals surface area contributed by atoms with Crippen LogP contribution < -0.4 is 22.3 Å². The van der Waals surface area contributed by atoms with Crippen LogP contribution in [0.25, 0.3) is 11.1 Å². The highest BCUT2D eigenvalue weighted by molar-refractivity contribution is 5.97. The number of rotatable bonds is 6. The third kappa shape index (κ3) is 4.74. The number of nitrogen functional groups attached to an aromatic ring is 1. The number of amides is 1. The number of halogens is 1. The highest BCUT2D eigenvalue weighted by Crippen LogP contribution is 2.23. The molecule has 1 amide bonds. The highest BCUT2D eigenvalue weighted by Gasteiger charge is 2.17. The molecule has 0 fully saturated rings. The molecule has 0 unspecified atom stereocenters. The predicted octanol–water partition coefficient (Wildman–Crippen LogP) is 2.19. The van der Waals surface area contributed by atoms with Gasteiger partial charge in [-0.3, -0.25) is 19.3 Å². The molecule has 2 aromatic carbocycles. The Morgan fingerprint density at radius 3 is 2.73 bits per heavy atom. The Morgan fingerprint density at radius 1 is 1.15 bits per heavy atom. The smallest absolute Gasteiger partial charge is 0.326 e. The second-order valence-corrected chi connectivity index (χ2v) is 7.54. The van der Waals surface area contributed by atoms with Gasteiger partial charge in [-0.25, -0.2) is 9.18 Å². The third-order valence-corrected chi connectivity index (χ3v) is 5.20. The number of hydrogen-bond donors (Lipinski definition) is 4. The maximum atomic E-state index is 13.9. The lowest BCUT2D eigenvalue weighted by Gasteiger charge is -2.15. The molecule has 0 saturated carbocycles. The van der Waals surface area contributed by atoms with Crippen molar-refractivity contribution >= 4 is 11.6 Å². The van der Waals surface area contributed by atoms with E-state index in [1.165, 1.54) is 6.07 Å². The SMILES string of the molecule is C[C@@H](NC(=O)c1[nH]c(=O)[nH]c(=O)c1N)c1cccc(-c2cnn(Cc3ccccc3F)c2)c1. The average Bonchev–Trinajstić information content (AvgIpc) is 3.26. The van der Waals surface area contributed by atoms with Crippen molar-refractivity contribution in [2.24, 2.45) is 0 Å². The maximum absolute atomic E-state index is 13.9. The summed E-state index contributed by atoms with van der Waals surface area (Å²) in [6.07, 6.45) is 3.50. The van der Waals surface area contributed by atoms with E-state index in [4.69, 9.17) is 5.73 Å². The Hall–Kier alpha value is -4.47. The van der Waals surface area contributed by atoms with Crippen LogP contribution in [0.15, 0.2) is 70.5 Å². The summed E-state index contributed by atoms with van der Waals surface area (Å²) >= 11 is 0. The first kappa shape index (κ1) is 21.8. The molecule has 0 radical (unpaired) electrons. The second-order valence-electron chi connectivity index (χ2n) is 7.54. The Balaban J connectivity index is 1.52. The minimum Gasteiger partial charge on any atom is -0.392 e. The monoisotopic (exact) mass is 448 g/mol. The van der Waals surface area contributed by atoms with Gasteiger partial charge in [0.1, 0.15) is 17.2 Å². The molecule has 0 aliphatic carbocycles. The number of aromatic amines is 2. The summed E-state index contributed by atoms with van der Waals surface area (Å²) in [5, 5.41) is 7.04. The van der Waals surface area contributed by atoms with Crippen LogP contribution in [0.2, 0.25) is 0 Å². The van der Waals surface area contributed by atoms with Crippen LogP contribution in [0, 0.1) is 5.82 Å². The van der Waals surface area contributed by atoms with E-state index < -0.39 is 23.2 Å². The summed E-state index contributed by atoms with van der Waals surface area (Å²) in [7, 11) is 0. The molecule has 2 heterocycles. The molecule has 0 bridgehead atoms. The molecule has 1 atom stereocenters. The van der Waals surface area contributed by atoms with E-state index in [1.54, 1.807) is 36.0 Å². The summed E-state index contributed by atoms with van der Waals surface area (Å²) < 4.78 is 15.6. The first-order chi connectivity index (χ1) is 15.8. The van der Waals surface area contributed by atoms with Crippen molar-refractivity contribution in [3.63, 3.8) is 0 Å². The van der Waals surface area contributed by atoms with Crippen molar-refractivity contribution in [1.82, 2.24) is 25.1 Å². The number of benzene rings is 2. The van der Waals surface area contributed by atoms with E-state index in [0.29, 0.717) is 12.1 Å². The molecule has 9 nitrogen and oxygen atoms in total. The second kappa shape index (κ2) is 8.95. The standard InChI is InChI=1S/C23H21FN6O3/c1-13(27-22(32)20-19(25)21(31)29-23(33)28-20)14-6-4-7-15(9-14)17-10-26-30(12-17)11-16-5-2-3-8-18(16)24/h2-10,12-13H,11,25H2,1H3,(H,27,32)(H2,28,29,31,33)/t13-/m1/s1. The lowest BCUT2D eigenvalue weighted by Crippen LogP contribution is -2.34. The van der Waals surface area contributed by atoms with Gasteiger partial charge in [0.15, 0.2) is 0 Å². The lowest BCUT2D eigenvalue weighted by atomic mass is 10.0. The number of anilines is 1. The van der Waals surface area contributed by atoms with E-state index >= 15 is 0 Å². The van der Waals surface area contributed by atoms with Gasteiger partial charge in [-0.2, -0.15) is 5.10 Å². The largest absolute Gasteiger partial charge is 0.392 e. The van der Waals surface area contributed by atoms with E-state index in [1.807, 2.05) is 35.4 Å². The number of H-pyrrole nitrogens is 2. The number of nitrogens with one attached hydrogen (secondary N) is 3. The van der Waals surface area contributed by atoms with E-state index in [-0.39, 0.29) is 17.2 Å². The number of nitrogens with zero attached hydrogens (tertiary/aromatic N) is 2. The zero-order valence-electron chi connectivity index (χ0n) is 17.6. The first-order valence-corrected chi connectivity index (χ1v) is 10.1. The number of hydrogen-bond acceptors (Lipinski definition) is 5. The fourth-order valence-corrected chi connectivity index (χ4v) is 3.42. The van der Waals surface area contributed by atoms with Crippen LogP contribution in [-0.4, -0.2) is 25.7 Å². The molecule has 168 valence electrons. The number of nitrogens with two attached hydrogens (primary N) is 1. The van der Waals surface area contributed by atoms with Gasteiger partial charge >= 0.3 is 5.69 Å². The molecular weight excluding hydrogens is 427 g/mol. The van der Waals surface area contributed by atoms with Gasteiger partial charge in [0.2, 0.25) is 0 Å². The summed E-state index contributed by atoms with van der Waals surface area (Å²) in [5.41, 5.74) is 6.33. The molecular formula is C23H21FN6O3. The van der Waals surface area contributed by atoms with Gasteiger partial charge in [-0.15, -0.1) is 0 Å². The molecule has 0 aliphatic heterocycles. The van der Waals surface area contributed by atoms with Crippen LogP contribution in [0.5, 0.6) is 0 Å². The van der Waals surface area contributed by atoms with Gasteiger partial charge in [-0.1, -0.05) is 36.4 Å². The van der Waals surface area contributed by atoms with Gasteiger partial charge in [0.25, 0.3) is 11.5 Å². The molecule has 4 rings (SSSR count). The van der Waals surface area contributed by atoms with E-state index in [9.17, 15) is 18.8 Å². The topological polar surface area (TPSA) is 139 Å². The predicted molar refractivity (Wildman–Crippen MR) is 121 cm³/mol. The molecule has 5 N–H and O–H groups in total. The minimum atomic E-state index is -0.828. The Kier molecular flexibility index (Phi) is 5.90. The molecule has 10 heteroatoms. The number of carbonyl (C=O) groups is 1. The number of aromatic nitrogens is 4. The summed E-state index contributed by atoms with van der Waals surface area (Å²) in [6.45, 7) is 2.06. The quantitative estimate of drug-likeness (QED) is 0.358. The molecule has 0 spiro atoms. The fourth-order valence-electron chi connectivity index (χ4n) is 3.42. The van der Waals surface area contributed by atoms with Gasteiger partial charge in [0, 0.05) is 17.3 Å². The lowest BCUT2D eigenvalue weighted by molar-refractivity contribution is 0.0935. The van der Waals surface area contributed by atoms with Crippen LogP contribution in [-0.2, 0) is 6.54 Å². The van der Waals surface area contributed by atoms with Crippen molar-refractivity contribution in [3.8, 4) is 11.1 Å². The van der Waals surface area contributed by atoms with Crippen molar-refractivity contribution < 1.29 is 9.18 Å². The third-order valence-electron chi connectivity index (χ3n) is 5.20. The van der Waals surface area contributed by atoms with E-state index in [2.05, 4.69) is 15.4 Å². The average molecular weight is 448 g/mol. The van der Waals surface area contributed by atoms with Crippen LogP contribution in [0.1, 0.15) is 34.6 Å². The van der Waals surface area contributed by atoms with Gasteiger partial charge < -0.3 is 16.0 Å². The van der Waals surface area contributed by atoms with Gasteiger partial charge in [-0.05, 0) is 30.2 Å². The van der Waals surface area contributed by atoms with E-state index in [0.717, 1.165) is 16.7 Å². The van der Waals surface area contributed by atoms with Crippen molar-refractivity contribution in [2.45, 2.75) is 19.5 Å². The molecule has 0 saturated heterocycles. The molecule has 0 aliphatic rings. The number of carbonyl (C=O) groups excluding carboxylic acids is 1. The van der Waals surface area contributed by atoms with Crippen molar-refractivity contribution in [2.75, 3.05) is 5.73 Å². The fraction of sp³-hybridized carbons (Fsp3) is 0.130. The highest BCUT2D eigenvalue weighted by atomic mass is 19.1. The van der Waals surface area contributed by atoms with Crippen LogP contribution >= 0.6 is 0 Å². The Labute approximate surface area is 187 Å². The Morgan fingerprint density at radius 2 is 1.94 bits per heavy atom. The van der Waals surface area contributed by atoms with Crippen molar-refractivity contribution in [1.29, 1.82) is 0 Å². The zero-order chi connectivity index (χ0) is 23.5. The Bertz CT molecular complexity index is 1440. The molecule has 2 aromatic heterocycles. The summed E-state index contributed by atoms with van der Waals surface area (Å²) in [5.74, 6) is -0.963. The van der Waals surface area contributed by atoms with Gasteiger partial charge in [0.05, 0.1) is 18.8 Å². The van der Waals surface area contributed by atoms with Crippen LogP contribution in [0.3, 0.4) is 0 Å².